The van der Waals surface area contributed by atoms with E-state index in [9.17, 15) is 0 Å². The second kappa shape index (κ2) is 5.41. The molecular weight excluding hydrogens is 324 g/mol. The van der Waals surface area contributed by atoms with Crippen LogP contribution in [-0.2, 0) is 6.54 Å². The van der Waals surface area contributed by atoms with Gasteiger partial charge in [0.2, 0.25) is 4.73 Å². The highest BCUT2D eigenvalue weighted by molar-refractivity contribution is 9.11. The Morgan fingerprint density at radius 2 is 1.80 bits per heavy atom. The number of rotatable bonds is 3. The lowest BCUT2D eigenvalue weighted by molar-refractivity contribution is 0.217. The van der Waals surface area contributed by atoms with Gasteiger partial charge in [-0.3, -0.25) is 0 Å². The molecule has 2 rings (SSSR count). The highest BCUT2D eigenvalue weighted by atomic mass is 79.9. The fourth-order valence-corrected chi connectivity index (χ4v) is 2.88. The number of hydrogen-bond acceptors (Lipinski definition) is 3. The van der Waals surface area contributed by atoms with Crippen molar-refractivity contribution in [2.24, 2.45) is 0 Å². The van der Waals surface area contributed by atoms with Crippen LogP contribution in [0.1, 0.15) is 19.3 Å². The van der Waals surface area contributed by atoms with Crippen LogP contribution < -0.4 is 0 Å². The maximum absolute atomic E-state index is 4.24. The number of hydrogen-bond donors (Lipinski definition) is 0. The third kappa shape index (κ3) is 3.26. The molecule has 1 aromatic heterocycles. The van der Waals surface area contributed by atoms with Crippen LogP contribution in [0.25, 0.3) is 0 Å². The van der Waals surface area contributed by atoms with Gasteiger partial charge in [-0.25, -0.2) is 4.68 Å². The number of aromatic nitrogens is 3. The second-order valence-corrected chi connectivity index (χ2v) is 5.19. The fourth-order valence-electron chi connectivity index (χ4n) is 1.86. The van der Waals surface area contributed by atoms with Gasteiger partial charge in [0.05, 0.1) is 6.54 Å². The first-order valence-electron chi connectivity index (χ1n) is 5.24. The van der Waals surface area contributed by atoms with E-state index in [4.69, 9.17) is 0 Å². The lowest BCUT2D eigenvalue weighted by atomic mass is 10.1. The molecule has 0 bridgehead atoms. The number of piperidine rings is 1. The molecule has 0 aromatic carbocycles. The molecule has 0 atom stereocenters. The summed E-state index contributed by atoms with van der Waals surface area (Å²) in [6.45, 7) is 4.43. The van der Waals surface area contributed by atoms with Crippen molar-refractivity contribution in [2.45, 2.75) is 25.8 Å². The SMILES string of the molecule is Brc1nc(Br)n(CCN2CCCCC2)n1. The minimum atomic E-state index is 0.646. The van der Waals surface area contributed by atoms with Crippen molar-refractivity contribution in [3.05, 3.63) is 9.47 Å². The molecule has 0 N–H and O–H groups in total. The van der Waals surface area contributed by atoms with Crippen LogP contribution in [0.3, 0.4) is 0 Å². The molecule has 0 unspecified atom stereocenters. The molecule has 1 saturated heterocycles. The van der Waals surface area contributed by atoms with Crippen molar-refractivity contribution in [1.29, 1.82) is 0 Å². The first-order valence-corrected chi connectivity index (χ1v) is 6.82. The van der Waals surface area contributed by atoms with Crippen LogP contribution in [0.2, 0.25) is 0 Å². The molecule has 1 aromatic rings. The zero-order valence-corrected chi connectivity index (χ0v) is 11.7. The number of halogens is 2. The summed E-state index contributed by atoms with van der Waals surface area (Å²) in [5.41, 5.74) is 0. The van der Waals surface area contributed by atoms with E-state index >= 15 is 0 Å². The van der Waals surface area contributed by atoms with Crippen molar-refractivity contribution in [2.75, 3.05) is 19.6 Å². The predicted molar refractivity (Wildman–Crippen MR) is 65.7 cm³/mol. The van der Waals surface area contributed by atoms with Gasteiger partial charge in [-0.15, -0.1) is 5.10 Å². The summed E-state index contributed by atoms with van der Waals surface area (Å²) in [5, 5.41) is 4.24. The van der Waals surface area contributed by atoms with Gasteiger partial charge in [0.15, 0.2) is 4.73 Å². The molecule has 15 heavy (non-hydrogen) atoms. The van der Waals surface area contributed by atoms with Gasteiger partial charge in [-0.05, 0) is 57.8 Å². The lowest BCUT2D eigenvalue weighted by Crippen LogP contribution is -2.32. The van der Waals surface area contributed by atoms with Crippen molar-refractivity contribution in [3.63, 3.8) is 0 Å². The largest absolute Gasteiger partial charge is 0.301 e. The van der Waals surface area contributed by atoms with Crippen LogP contribution in [0.15, 0.2) is 9.47 Å². The highest BCUT2D eigenvalue weighted by Crippen LogP contribution is 2.12. The van der Waals surface area contributed by atoms with Crippen molar-refractivity contribution in [3.8, 4) is 0 Å². The van der Waals surface area contributed by atoms with Crippen LogP contribution in [0.4, 0.5) is 0 Å². The number of nitrogens with zero attached hydrogens (tertiary/aromatic N) is 4. The molecule has 1 aliphatic heterocycles. The van der Waals surface area contributed by atoms with E-state index in [1.165, 1.54) is 32.4 Å². The Kier molecular flexibility index (Phi) is 4.16. The topological polar surface area (TPSA) is 34.0 Å². The summed E-state index contributed by atoms with van der Waals surface area (Å²) >= 11 is 6.65. The van der Waals surface area contributed by atoms with E-state index in [0.717, 1.165) is 17.8 Å². The molecule has 4 nitrogen and oxygen atoms in total. The molecule has 6 heteroatoms. The summed E-state index contributed by atoms with van der Waals surface area (Å²) < 4.78 is 3.33. The third-order valence-corrected chi connectivity index (χ3v) is 3.60. The Balaban J connectivity index is 1.84. The van der Waals surface area contributed by atoms with Crippen molar-refractivity contribution < 1.29 is 0 Å². The van der Waals surface area contributed by atoms with Gasteiger partial charge in [-0.1, -0.05) is 6.42 Å². The quantitative estimate of drug-likeness (QED) is 0.848. The average Bonchev–Trinajstić information content (AvgIpc) is 2.56. The smallest absolute Gasteiger partial charge is 0.218 e. The molecular formula is C9H14Br2N4. The zero-order chi connectivity index (χ0) is 10.7. The van der Waals surface area contributed by atoms with E-state index < -0.39 is 0 Å². The lowest BCUT2D eigenvalue weighted by Gasteiger charge is -2.26. The normalized spacial score (nSPS) is 18.3. The highest BCUT2D eigenvalue weighted by Gasteiger charge is 2.11. The van der Waals surface area contributed by atoms with Crippen LogP contribution in [0, 0.1) is 0 Å². The van der Waals surface area contributed by atoms with E-state index in [0.29, 0.717) is 4.73 Å². The zero-order valence-electron chi connectivity index (χ0n) is 8.49. The summed E-state index contributed by atoms with van der Waals surface area (Å²) in [7, 11) is 0. The standard InChI is InChI=1S/C9H14Br2N4/c10-8-12-9(11)15(13-8)7-6-14-4-2-1-3-5-14/h1-7H2. The minimum Gasteiger partial charge on any atom is -0.301 e. The Bertz CT molecular complexity index is 320. The Labute approximate surface area is 106 Å². The van der Waals surface area contributed by atoms with E-state index in [2.05, 4.69) is 46.8 Å². The molecule has 84 valence electrons. The average molecular weight is 338 g/mol. The minimum absolute atomic E-state index is 0.646. The molecule has 0 radical (unpaired) electrons. The van der Waals surface area contributed by atoms with Crippen LogP contribution in [-0.4, -0.2) is 39.3 Å². The molecule has 0 spiro atoms. The maximum Gasteiger partial charge on any atom is 0.218 e. The van der Waals surface area contributed by atoms with Gasteiger partial charge in [0, 0.05) is 6.54 Å². The molecule has 1 aliphatic rings. The van der Waals surface area contributed by atoms with E-state index in [1.807, 2.05) is 4.68 Å². The molecule has 0 saturated carbocycles. The summed E-state index contributed by atoms with van der Waals surface area (Å²) in [5.74, 6) is 0. The van der Waals surface area contributed by atoms with Crippen molar-refractivity contribution in [1.82, 2.24) is 19.7 Å². The Morgan fingerprint density at radius 1 is 1.07 bits per heavy atom. The van der Waals surface area contributed by atoms with E-state index in [-0.39, 0.29) is 0 Å². The molecule has 1 fully saturated rings. The second-order valence-electron chi connectivity index (χ2n) is 3.78. The maximum atomic E-state index is 4.24. The molecule has 0 amide bonds. The fraction of sp³-hybridized carbons (Fsp3) is 0.778. The third-order valence-electron chi connectivity index (χ3n) is 2.68. The van der Waals surface area contributed by atoms with Crippen LogP contribution in [0.5, 0.6) is 0 Å². The first kappa shape index (κ1) is 11.5. The van der Waals surface area contributed by atoms with Crippen molar-refractivity contribution >= 4 is 31.9 Å². The molecule has 2 heterocycles. The van der Waals surface area contributed by atoms with Gasteiger partial charge < -0.3 is 4.90 Å². The monoisotopic (exact) mass is 336 g/mol. The molecule has 0 aliphatic carbocycles. The first-order chi connectivity index (χ1) is 7.25. The van der Waals surface area contributed by atoms with Gasteiger partial charge in [0.1, 0.15) is 0 Å². The van der Waals surface area contributed by atoms with Gasteiger partial charge in [0.25, 0.3) is 0 Å². The summed E-state index contributed by atoms with van der Waals surface area (Å²) in [4.78, 5) is 6.63. The van der Waals surface area contributed by atoms with E-state index in [1.54, 1.807) is 0 Å². The van der Waals surface area contributed by atoms with Crippen LogP contribution >= 0.6 is 31.9 Å². The summed E-state index contributed by atoms with van der Waals surface area (Å²) in [6.07, 6.45) is 4.06. The number of likely N-dealkylation sites (tertiary alicyclic amines) is 1. The van der Waals surface area contributed by atoms with Gasteiger partial charge >= 0.3 is 0 Å². The Hall–Kier alpha value is 0.0600. The summed E-state index contributed by atoms with van der Waals surface area (Å²) in [6, 6.07) is 0. The Morgan fingerprint density at radius 3 is 2.40 bits per heavy atom. The van der Waals surface area contributed by atoms with Gasteiger partial charge in [-0.2, -0.15) is 4.98 Å². The predicted octanol–water partition coefficient (Wildman–Crippen LogP) is 2.29.